The van der Waals surface area contributed by atoms with Crippen LogP contribution in [0.3, 0.4) is 0 Å². The van der Waals surface area contributed by atoms with Gasteiger partial charge in [-0.05, 0) is 49.8 Å². The number of carbonyl (C=O) groups excluding carboxylic acids is 1. The van der Waals surface area contributed by atoms with Gasteiger partial charge >= 0.3 is 5.97 Å². The Bertz CT molecular complexity index is 1860. The summed E-state index contributed by atoms with van der Waals surface area (Å²) in [5.74, 6) is -3.05. The Hall–Kier alpha value is -3.95. The first-order chi connectivity index (χ1) is 21.2. The second kappa shape index (κ2) is 12.2. The minimum atomic E-state index is -3.16. The molecule has 0 unspecified atom stereocenters. The van der Waals surface area contributed by atoms with Gasteiger partial charge < -0.3 is 18.8 Å². The minimum Gasteiger partial charge on any atom is -0.493 e. The van der Waals surface area contributed by atoms with E-state index >= 15 is 8.78 Å². The number of rotatable bonds is 7. The molecule has 0 spiro atoms. The zero-order valence-electron chi connectivity index (χ0n) is 25.0. The predicted molar refractivity (Wildman–Crippen MR) is 167 cm³/mol. The van der Waals surface area contributed by atoms with Crippen LogP contribution in [0.25, 0.3) is 32.8 Å². The molecule has 1 aliphatic heterocycles. The summed E-state index contributed by atoms with van der Waals surface area (Å²) in [6.07, 6.45) is 0.422. The van der Waals surface area contributed by atoms with Crippen LogP contribution in [0, 0.1) is 6.92 Å². The third-order valence-corrected chi connectivity index (χ3v) is 8.54. The average molecular weight is 622 g/mol. The molecule has 3 aromatic carbocycles. The van der Waals surface area contributed by atoms with Crippen molar-refractivity contribution in [3.63, 3.8) is 0 Å². The number of nitrogens with zero attached hydrogens (tertiary/aromatic N) is 3. The van der Waals surface area contributed by atoms with Crippen LogP contribution >= 0.6 is 11.6 Å². The molecule has 2 aromatic heterocycles. The second-order valence-corrected chi connectivity index (χ2v) is 11.5. The molecule has 44 heavy (non-hydrogen) atoms. The van der Waals surface area contributed by atoms with Gasteiger partial charge in [-0.2, -0.15) is 5.10 Å². The van der Waals surface area contributed by atoms with Crippen LogP contribution in [0.15, 0.2) is 54.6 Å². The lowest BCUT2D eigenvalue weighted by molar-refractivity contribution is -0.0484. The van der Waals surface area contributed by atoms with Crippen LogP contribution in [0.5, 0.6) is 5.75 Å². The SMILES string of the molecule is CCOC(=O)c1c(CCCOc2cccc3ccccc23)c2ccc(Cl)c3c2n1CC(F)(F)CCOCc1nn(C)c(C)c1-3. The van der Waals surface area contributed by atoms with Crippen molar-refractivity contribution in [1.29, 1.82) is 0 Å². The fraction of sp³-hybridized carbons (Fsp3) is 0.353. The molecule has 0 fully saturated rings. The second-order valence-electron chi connectivity index (χ2n) is 11.1. The maximum Gasteiger partial charge on any atom is 0.355 e. The first-order valence-electron chi connectivity index (χ1n) is 14.8. The fourth-order valence-corrected chi connectivity index (χ4v) is 6.38. The molecule has 0 bridgehead atoms. The van der Waals surface area contributed by atoms with Crippen LogP contribution < -0.4 is 4.74 Å². The summed E-state index contributed by atoms with van der Waals surface area (Å²) in [5.41, 5.74) is 3.87. The largest absolute Gasteiger partial charge is 0.493 e. The van der Waals surface area contributed by atoms with E-state index in [9.17, 15) is 4.79 Å². The van der Waals surface area contributed by atoms with Crippen molar-refractivity contribution in [3.8, 4) is 16.9 Å². The van der Waals surface area contributed by atoms with E-state index in [-0.39, 0.29) is 25.5 Å². The lowest BCUT2D eigenvalue weighted by atomic mass is 9.98. The Balaban J connectivity index is 1.49. The zero-order chi connectivity index (χ0) is 31.0. The van der Waals surface area contributed by atoms with E-state index in [4.69, 9.17) is 25.8 Å². The number of aromatic nitrogens is 3. The number of carbonyl (C=O) groups is 1. The van der Waals surface area contributed by atoms with Crippen molar-refractivity contribution in [2.45, 2.75) is 52.2 Å². The molecule has 10 heteroatoms. The van der Waals surface area contributed by atoms with E-state index in [1.807, 2.05) is 56.4 Å². The topological polar surface area (TPSA) is 67.5 Å². The predicted octanol–water partition coefficient (Wildman–Crippen LogP) is 7.90. The maximum atomic E-state index is 15.5. The van der Waals surface area contributed by atoms with Gasteiger partial charge in [0.25, 0.3) is 5.92 Å². The lowest BCUT2D eigenvalue weighted by Crippen LogP contribution is -2.28. The van der Waals surface area contributed by atoms with Crippen LogP contribution in [0.4, 0.5) is 8.78 Å². The summed E-state index contributed by atoms with van der Waals surface area (Å²) in [7, 11) is 1.82. The number of ether oxygens (including phenoxy) is 3. The highest BCUT2D eigenvalue weighted by molar-refractivity contribution is 6.35. The minimum absolute atomic E-state index is 0.0591. The summed E-state index contributed by atoms with van der Waals surface area (Å²) >= 11 is 6.88. The number of halogens is 3. The van der Waals surface area contributed by atoms with Crippen molar-refractivity contribution in [3.05, 3.63) is 82.3 Å². The van der Waals surface area contributed by atoms with E-state index in [0.717, 1.165) is 22.2 Å². The molecule has 1 aliphatic rings. The molecule has 3 heterocycles. The van der Waals surface area contributed by atoms with E-state index in [1.165, 1.54) is 4.57 Å². The fourth-order valence-electron chi connectivity index (χ4n) is 6.13. The van der Waals surface area contributed by atoms with Crippen LogP contribution in [0.1, 0.15) is 47.2 Å². The van der Waals surface area contributed by atoms with E-state index in [0.29, 0.717) is 57.8 Å². The molecule has 230 valence electrons. The molecular weight excluding hydrogens is 588 g/mol. The van der Waals surface area contributed by atoms with Gasteiger partial charge in [-0.15, -0.1) is 0 Å². The van der Waals surface area contributed by atoms with Crippen LogP contribution in [-0.2, 0) is 36.1 Å². The summed E-state index contributed by atoms with van der Waals surface area (Å²) in [5, 5.41) is 7.75. The van der Waals surface area contributed by atoms with Crippen LogP contribution in [0.2, 0.25) is 5.02 Å². The first kappa shape index (κ1) is 30.1. The quantitative estimate of drug-likeness (QED) is 0.137. The number of aryl methyl sites for hydroxylation is 2. The zero-order valence-corrected chi connectivity index (χ0v) is 25.7. The molecule has 0 aliphatic carbocycles. The van der Waals surface area contributed by atoms with Gasteiger partial charge in [0.05, 0.1) is 49.2 Å². The summed E-state index contributed by atoms with van der Waals surface area (Å²) in [6.45, 7) is 3.24. The molecule has 6 rings (SSSR count). The molecule has 0 radical (unpaired) electrons. The molecule has 0 amide bonds. The monoisotopic (exact) mass is 621 g/mol. The highest BCUT2D eigenvalue weighted by atomic mass is 35.5. The van der Waals surface area contributed by atoms with Crippen LogP contribution in [-0.4, -0.2) is 46.1 Å². The molecule has 7 nitrogen and oxygen atoms in total. The van der Waals surface area contributed by atoms with Gasteiger partial charge in [0, 0.05) is 41.1 Å². The number of esters is 1. The van der Waals surface area contributed by atoms with Crippen molar-refractivity contribution in [2.24, 2.45) is 7.05 Å². The average Bonchev–Trinajstić information content (AvgIpc) is 3.44. The lowest BCUT2D eigenvalue weighted by Gasteiger charge is -2.20. The van der Waals surface area contributed by atoms with Gasteiger partial charge in [0.2, 0.25) is 0 Å². The van der Waals surface area contributed by atoms with Gasteiger partial charge in [-0.1, -0.05) is 54.1 Å². The molecule has 0 N–H and O–H groups in total. The Morgan fingerprint density at radius 1 is 1.09 bits per heavy atom. The third kappa shape index (κ3) is 5.55. The van der Waals surface area contributed by atoms with Crippen molar-refractivity contribution < 1.29 is 27.8 Å². The molecule has 0 saturated carbocycles. The Morgan fingerprint density at radius 2 is 1.89 bits per heavy atom. The number of benzene rings is 3. The van der Waals surface area contributed by atoms with E-state index in [1.54, 1.807) is 23.7 Å². The number of alkyl halides is 2. The van der Waals surface area contributed by atoms with Crippen molar-refractivity contribution >= 4 is 39.2 Å². The summed E-state index contributed by atoms with van der Waals surface area (Å²) in [6, 6.07) is 17.5. The smallest absolute Gasteiger partial charge is 0.355 e. The Labute approximate surface area is 259 Å². The molecular formula is C34H34ClF2N3O4. The van der Waals surface area contributed by atoms with Crippen molar-refractivity contribution in [2.75, 3.05) is 19.8 Å². The summed E-state index contributed by atoms with van der Waals surface area (Å²) in [4.78, 5) is 13.6. The Morgan fingerprint density at radius 3 is 2.70 bits per heavy atom. The van der Waals surface area contributed by atoms with E-state index in [2.05, 4.69) is 5.10 Å². The number of fused-ring (bicyclic) bond motifs is 3. The van der Waals surface area contributed by atoms with E-state index < -0.39 is 24.9 Å². The summed E-state index contributed by atoms with van der Waals surface area (Å²) < 4.78 is 51.6. The highest BCUT2D eigenvalue weighted by Crippen LogP contribution is 2.44. The van der Waals surface area contributed by atoms with Gasteiger partial charge in [0.15, 0.2) is 0 Å². The van der Waals surface area contributed by atoms with Crippen molar-refractivity contribution in [1.82, 2.24) is 14.3 Å². The molecule has 5 aromatic rings. The number of hydrogen-bond acceptors (Lipinski definition) is 5. The highest BCUT2D eigenvalue weighted by Gasteiger charge is 2.36. The standard InChI is InChI=1S/C34H34ClF2N3O4/c1-4-43-33(41)32-24(12-8-17-44-28-13-7-10-22-9-5-6-11-23(22)28)25-14-15-26(35)30-29-21(2)39(3)38-27(29)19-42-18-16-34(36,37)20-40(32)31(25)30/h5-7,9-11,13-15H,4,8,12,16-20H2,1-3H3. The van der Waals surface area contributed by atoms with Gasteiger partial charge in [-0.3, -0.25) is 4.68 Å². The first-order valence-corrected chi connectivity index (χ1v) is 15.2. The maximum absolute atomic E-state index is 15.5. The Kier molecular flexibility index (Phi) is 8.35. The van der Waals surface area contributed by atoms with Gasteiger partial charge in [0.1, 0.15) is 11.4 Å². The third-order valence-electron chi connectivity index (χ3n) is 8.22. The van der Waals surface area contributed by atoms with Gasteiger partial charge in [-0.25, -0.2) is 13.6 Å². The molecule has 0 atom stereocenters. The molecule has 0 saturated heterocycles. The normalized spacial score (nSPS) is 14.8. The number of hydrogen-bond donors (Lipinski definition) is 0.